The first-order valence-electron chi connectivity index (χ1n) is 6.38. The molecule has 3 unspecified atom stereocenters. The maximum atomic E-state index is 6.50. The van der Waals surface area contributed by atoms with Crippen LogP contribution in [-0.2, 0) is 11.2 Å². The van der Waals surface area contributed by atoms with Gasteiger partial charge in [-0.3, -0.25) is 0 Å². The molecule has 0 saturated carbocycles. The fourth-order valence-corrected chi connectivity index (χ4v) is 2.78. The van der Waals surface area contributed by atoms with Gasteiger partial charge in [0.15, 0.2) is 0 Å². The van der Waals surface area contributed by atoms with Crippen molar-refractivity contribution in [3.8, 4) is 0 Å². The van der Waals surface area contributed by atoms with Crippen LogP contribution in [0.4, 0.5) is 0 Å². The summed E-state index contributed by atoms with van der Waals surface area (Å²) in [5, 5.41) is 0.196. The lowest BCUT2D eigenvalue weighted by Crippen LogP contribution is -2.17. The lowest BCUT2D eigenvalue weighted by molar-refractivity contribution is 0.120. The van der Waals surface area contributed by atoms with E-state index in [1.165, 1.54) is 16.7 Å². The maximum absolute atomic E-state index is 6.50. The van der Waals surface area contributed by atoms with Crippen LogP contribution in [0.2, 0.25) is 0 Å². The topological polar surface area (TPSA) is 9.23 Å². The van der Waals surface area contributed by atoms with Crippen molar-refractivity contribution in [2.24, 2.45) is 5.92 Å². The van der Waals surface area contributed by atoms with E-state index >= 15 is 0 Å². The van der Waals surface area contributed by atoms with Crippen LogP contribution in [0.25, 0.3) is 0 Å². The smallest absolute Gasteiger partial charge is 0.0551 e. The molecule has 0 aromatic heterocycles. The van der Waals surface area contributed by atoms with E-state index in [9.17, 15) is 0 Å². The zero-order valence-electron chi connectivity index (χ0n) is 10.9. The molecule has 0 radical (unpaired) electrons. The fourth-order valence-electron chi connectivity index (χ4n) is 2.42. The number of benzene rings is 1. The van der Waals surface area contributed by atoms with Crippen molar-refractivity contribution in [2.45, 2.75) is 45.1 Å². The van der Waals surface area contributed by atoms with E-state index in [1.807, 2.05) is 0 Å². The predicted octanol–water partition coefficient (Wildman–Crippen LogP) is 3.88. The summed E-state index contributed by atoms with van der Waals surface area (Å²) in [5.74, 6) is 0.508. The molecule has 94 valence electrons. The van der Waals surface area contributed by atoms with Crippen LogP contribution in [-0.4, -0.2) is 18.1 Å². The van der Waals surface area contributed by atoms with Crippen molar-refractivity contribution < 1.29 is 4.74 Å². The summed E-state index contributed by atoms with van der Waals surface area (Å²) >= 11 is 6.50. The van der Waals surface area contributed by atoms with E-state index in [0.29, 0.717) is 12.0 Å². The first-order valence-corrected chi connectivity index (χ1v) is 6.81. The molecule has 3 atom stereocenters. The number of alkyl halides is 1. The van der Waals surface area contributed by atoms with E-state index in [4.69, 9.17) is 16.3 Å². The number of hydrogen-bond acceptors (Lipinski definition) is 1. The van der Waals surface area contributed by atoms with Crippen LogP contribution in [0.5, 0.6) is 0 Å². The predicted molar refractivity (Wildman–Crippen MR) is 72.8 cm³/mol. The molecule has 0 amide bonds. The van der Waals surface area contributed by atoms with Gasteiger partial charge in [0.05, 0.1) is 12.7 Å². The van der Waals surface area contributed by atoms with Crippen molar-refractivity contribution in [2.75, 3.05) is 6.61 Å². The van der Waals surface area contributed by atoms with Gasteiger partial charge in [0.2, 0.25) is 0 Å². The number of rotatable bonds is 3. The van der Waals surface area contributed by atoms with Crippen molar-refractivity contribution in [1.82, 2.24) is 0 Å². The third kappa shape index (κ3) is 3.23. The van der Waals surface area contributed by atoms with Gasteiger partial charge in [0.25, 0.3) is 0 Å². The third-order valence-electron chi connectivity index (χ3n) is 3.74. The van der Waals surface area contributed by atoms with E-state index in [0.717, 1.165) is 19.4 Å². The Morgan fingerprint density at radius 3 is 2.71 bits per heavy atom. The van der Waals surface area contributed by atoms with Gasteiger partial charge in [-0.15, -0.1) is 11.6 Å². The SMILES string of the molecule is Cc1ccc(CC(Cl)C2COC(C)C2)cc1C. The summed E-state index contributed by atoms with van der Waals surface area (Å²) in [7, 11) is 0. The minimum absolute atomic E-state index is 0.196. The minimum Gasteiger partial charge on any atom is -0.378 e. The van der Waals surface area contributed by atoms with E-state index in [1.54, 1.807) is 0 Å². The largest absolute Gasteiger partial charge is 0.378 e. The normalized spacial score (nSPS) is 26.1. The van der Waals surface area contributed by atoms with Gasteiger partial charge >= 0.3 is 0 Å². The van der Waals surface area contributed by atoms with Crippen LogP contribution in [0.3, 0.4) is 0 Å². The van der Waals surface area contributed by atoms with Crippen molar-refractivity contribution in [3.63, 3.8) is 0 Å². The first kappa shape index (κ1) is 12.9. The van der Waals surface area contributed by atoms with Crippen molar-refractivity contribution in [1.29, 1.82) is 0 Å². The highest BCUT2D eigenvalue weighted by atomic mass is 35.5. The molecule has 0 N–H and O–H groups in total. The van der Waals surface area contributed by atoms with Gasteiger partial charge < -0.3 is 4.74 Å². The second kappa shape index (κ2) is 5.41. The molecule has 17 heavy (non-hydrogen) atoms. The van der Waals surface area contributed by atoms with Gasteiger partial charge in [-0.05, 0) is 50.3 Å². The standard InChI is InChI=1S/C15H21ClO/c1-10-4-5-13(6-11(10)2)8-15(16)14-7-12(3)17-9-14/h4-6,12,14-15H,7-9H2,1-3H3. The Balaban J connectivity index is 1.98. The molecule has 0 spiro atoms. The number of hydrogen-bond donors (Lipinski definition) is 0. The molecule has 2 rings (SSSR count). The zero-order valence-corrected chi connectivity index (χ0v) is 11.6. The average Bonchev–Trinajstić information content (AvgIpc) is 2.70. The van der Waals surface area contributed by atoms with Crippen LogP contribution in [0.15, 0.2) is 18.2 Å². The summed E-state index contributed by atoms with van der Waals surface area (Å²) in [6.07, 6.45) is 2.42. The van der Waals surface area contributed by atoms with E-state index in [-0.39, 0.29) is 5.38 Å². The lowest BCUT2D eigenvalue weighted by Gasteiger charge is -2.16. The Hall–Kier alpha value is -0.530. The second-order valence-electron chi connectivity index (χ2n) is 5.28. The summed E-state index contributed by atoms with van der Waals surface area (Å²) in [6.45, 7) is 7.24. The molecule has 1 heterocycles. The minimum atomic E-state index is 0.196. The molecular formula is C15H21ClO. The molecular weight excluding hydrogens is 232 g/mol. The van der Waals surface area contributed by atoms with Gasteiger partial charge in [-0.2, -0.15) is 0 Å². The molecule has 1 aliphatic heterocycles. The van der Waals surface area contributed by atoms with Crippen LogP contribution < -0.4 is 0 Å². The molecule has 0 aliphatic carbocycles. The van der Waals surface area contributed by atoms with E-state index < -0.39 is 0 Å². The van der Waals surface area contributed by atoms with Gasteiger partial charge in [-0.1, -0.05) is 18.2 Å². The Morgan fingerprint density at radius 1 is 1.35 bits per heavy atom. The quantitative estimate of drug-likeness (QED) is 0.742. The third-order valence-corrected chi connectivity index (χ3v) is 4.25. The van der Waals surface area contributed by atoms with E-state index in [2.05, 4.69) is 39.0 Å². The molecule has 2 heteroatoms. The summed E-state index contributed by atoms with van der Waals surface area (Å²) in [6, 6.07) is 6.63. The highest BCUT2D eigenvalue weighted by molar-refractivity contribution is 6.21. The Morgan fingerprint density at radius 2 is 2.12 bits per heavy atom. The number of ether oxygens (including phenoxy) is 1. The van der Waals surface area contributed by atoms with Crippen molar-refractivity contribution >= 4 is 11.6 Å². The number of aryl methyl sites for hydroxylation is 2. The monoisotopic (exact) mass is 252 g/mol. The zero-order chi connectivity index (χ0) is 12.4. The van der Waals surface area contributed by atoms with Crippen molar-refractivity contribution in [3.05, 3.63) is 34.9 Å². The molecule has 1 aromatic carbocycles. The van der Waals surface area contributed by atoms with Gasteiger partial charge in [0.1, 0.15) is 0 Å². The molecule has 1 fully saturated rings. The van der Waals surface area contributed by atoms with Gasteiger partial charge in [0, 0.05) is 11.3 Å². The average molecular weight is 253 g/mol. The maximum Gasteiger partial charge on any atom is 0.0551 e. The van der Waals surface area contributed by atoms with Crippen LogP contribution >= 0.6 is 11.6 Å². The summed E-state index contributed by atoms with van der Waals surface area (Å²) < 4.78 is 5.58. The Kier molecular flexibility index (Phi) is 4.11. The Bertz CT molecular complexity index is 389. The lowest BCUT2D eigenvalue weighted by atomic mass is 9.95. The highest BCUT2D eigenvalue weighted by Crippen LogP contribution is 2.28. The fraction of sp³-hybridized carbons (Fsp3) is 0.600. The Labute approximate surface area is 109 Å². The van der Waals surface area contributed by atoms with Crippen LogP contribution in [0.1, 0.15) is 30.0 Å². The first-order chi connectivity index (χ1) is 8.06. The second-order valence-corrected chi connectivity index (χ2v) is 5.84. The van der Waals surface area contributed by atoms with Gasteiger partial charge in [-0.25, -0.2) is 0 Å². The summed E-state index contributed by atoms with van der Waals surface area (Å²) in [5.41, 5.74) is 4.03. The highest BCUT2D eigenvalue weighted by Gasteiger charge is 2.28. The summed E-state index contributed by atoms with van der Waals surface area (Å²) in [4.78, 5) is 0. The molecule has 1 saturated heterocycles. The van der Waals surface area contributed by atoms with Crippen LogP contribution in [0, 0.1) is 19.8 Å². The molecule has 1 aliphatic rings. The molecule has 0 bridgehead atoms. The number of halogens is 1. The molecule has 1 aromatic rings. The molecule has 1 nitrogen and oxygen atoms in total.